The maximum absolute atomic E-state index is 12.2. The van der Waals surface area contributed by atoms with Crippen LogP contribution in [-0.2, 0) is 0 Å². The number of amides is 1. The molecule has 0 aliphatic carbocycles. The van der Waals surface area contributed by atoms with Crippen LogP contribution in [0, 0.1) is 6.92 Å². The lowest BCUT2D eigenvalue weighted by Gasteiger charge is -2.30. The molecule has 1 unspecified atom stereocenters. The zero-order valence-electron chi connectivity index (χ0n) is 9.82. The summed E-state index contributed by atoms with van der Waals surface area (Å²) in [6.07, 6.45) is 1.25. The van der Waals surface area contributed by atoms with Crippen LogP contribution in [0.4, 0.5) is 0 Å². The number of nitrogens with zero attached hydrogens (tertiary/aromatic N) is 1. The maximum Gasteiger partial charge on any atom is 0.253 e. The minimum Gasteiger partial charge on any atom is -0.391 e. The summed E-state index contributed by atoms with van der Waals surface area (Å²) in [4.78, 5) is 13.9. The number of benzene rings is 1. The average Bonchev–Trinajstić information content (AvgIpc) is 2.32. The van der Waals surface area contributed by atoms with Crippen molar-refractivity contribution >= 4 is 17.5 Å². The van der Waals surface area contributed by atoms with Gasteiger partial charge in [-0.05, 0) is 43.5 Å². The number of rotatable bonds is 1. The second-order valence-corrected chi connectivity index (χ2v) is 4.92. The second-order valence-electron chi connectivity index (χ2n) is 4.51. The minimum absolute atomic E-state index is 0.0245. The lowest BCUT2D eigenvalue weighted by atomic mass is 10.1. The molecule has 92 valence electrons. The molecule has 0 spiro atoms. The highest BCUT2D eigenvalue weighted by Crippen LogP contribution is 2.19. The third-order valence-corrected chi connectivity index (χ3v) is 3.51. The molecule has 4 heteroatoms. The molecule has 1 heterocycles. The zero-order valence-corrected chi connectivity index (χ0v) is 10.6. The van der Waals surface area contributed by atoms with Crippen LogP contribution in [0.3, 0.4) is 0 Å². The van der Waals surface area contributed by atoms with Gasteiger partial charge in [0, 0.05) is 23.7 Å². The van der Waals surface area contributed by atoms with Crippen molar-refractivity contribution in [3.05, 3.63) is 34.3 Å². The number of likely N-dealkylation sites (tertiary alicyclic amines) is 1. The molecule has 0 radical (unpaired) electrons. The Morgan fingerprint density at radius 1 is 1.53 bits per heavy atom. The summed E-state index contributed by atoms with van der Waals surface area (Å²) >= 11 is 5.93. The van der Waals surface area contributed by atoms with Gasteiger partial charge in [-0.3, -0.25) is 4.79 Å². The van der Waals surface area contributed by atoms with E-state index >= 15 is 0 Å². The Labute approximate surface area is 106 Å². The van der Waals surface area contributed by atoms with Crippen molar-refractivity contribution in [3.63, 3.8) is 0 Å². The Balaban J connectivity index is 2.15. The van der Waals surface area contributed by atoms with Gasteiger partial charge in [0.15, 0.2) is 0 Å². The first-order chi connectivity index (χ1) is 8.08. The third-order valence-electron chi connectivity index (χ3n) is 3.09. The van der Waals surface area contributed by atoms with Crippen molar-refractivity contribution in [2.45, 2.75) is 25.9 Å². The van der Waals surface area contributed by atoms with Crippen molar-refractivity contribution < 1.29 is 9.90 Å². The molecule has 0 aromatic heterocycles. The topological polar surface area (TPSA) is 40.5 Å². The number of carbonyl (C=O) groups excluding carboxylic acids is 1. The number of aryl methyl sites for hydroxylation is 1. The number of carbonyl (C=O) groups is 1. The molecular formula is C13H16ClNO2. The minimum atomic E-state index is -0.388. The van der Waals surface area contributed by atoms with E-state index in [1.165, 1.54) is 0 Å². The van der Waals surface area contributed by atoms with Gasteiger partial charge in [-0.1, -0.05) is 11.6 Å². The smallest absolute Gasteiger partial charge is 0.253 e. The number of aliphatic hydroxyl groups is 1. The van der Waals surface area contributed by atoms with Gasteiger partial charge in [0.25, 0.3) is 5.91 Å². The highest BCUT2D eigenvalue weighted by molar-refractivity contribution is 6.31. The second kappa shape index (κ2) is 5.07. The first-order valence-electron chi connectivity index (χ1n) is 5.81. The van der Waals surface area contributed by atoms with Crippen LogP contribution in [0.2, 0.25) is 5.02 Å². The Kier molecular flexibility index (Phi) is 3.69. The lowest BCUT2D eigenvalue weighted by Crippen LogP contribution is -2.42. The quantitative estimate of drug-likeness (QED) is 0.834. The van der Waals surface area contributed by atoms with Crippen molar-refractivity contribution in [2.75, 3.05) is 13.1 Å². The molecule has 1 aliphatic rings. The van der Waals surface area contributed by atoms with Crippen LogP contribution in [-0.4, -0.2) is 35.1 Å². The standard InChI is InChI=1S/C13H16ClNO2/c1-9-7-10(4-5-12(9)14)13(17)15-6-2-3-11(16)8-15/h4-5,7,11,16H,2-3,6,8H2,1H3. The number of piperidine rings is 1. The Morgan fingerprint density at radius 3 is 2.94 bits per heavy atom. The van der Waals surface area contributed by atoms with Crippen LogP contribution < -0.4 is 0 Å². The SMILES string of the molecule is Cc1cc(C(=O)N2CCCC(O)C2)ccc1Cl. The molecule has 1 N–H and O–H groups in total. The fourth-order valence-electron chi connectivity index (χ4n) is 2.10. The molecule has 0 bridgehead atoms. The number of β-amino-alcohol motifs (C(OH)–C–C–N with tert-alkyl or cyclic N) is 1. The van der Waals surface area contributed by atoms with E-state index < -0.39 is 0 Å². The van der Waals surface area contributed by atoms with Gasteiger partial charge in [0.2, 0.25) is 0 Å². The zero-order chi connectivity index (χ0) is 12.4. The summed E-state index contributed by atoms with van der Waals surface area (Å²) in [5, 5.41) is 10.2. The van der Waals surface area contributed by atoms with Gasteiger partial charge in [-0.25, -0.2) is 0 Å². The van der Waals surface area contributed by atoms with Gasteiger partial charge < -0.3 is 10.0 Å². The maximum atomic E-state index is 12.2. The summed E-state index contributed by atoms with van der Waals surface area (Å²) in [5.41, 5.74) is 1.54. The fraction of sp³-hybridized carbons (Fsp3) is 0.462. The van der Waals surface area contributed by atoms with E-state index in [0.29, 0.717) is 17.1 Å². The Bertz CT molecular complexity index is 433. The summed E-state index contributed by atoms with van der Waals surface area (Å²) in [6.45, 7) is 3.03. The van der Waals surface area contributed by atoms with Crippen LogP contribution in [0.15, 0.2) is 18.2 Å². The van der Waals surface area contributed by atoms with Crippen molar-refractivity contribution in [2.24, 2.45) is 0 Å². The molecular weight excluding hydrogens is 238 g/mol. The Hall–Kier alpha value is -1.06. The predicted octanol–water partition coefficient (Wildman–Crippen LogP) is 2.25. The molecule has 1 aliphatic heterocycles. The van der Waals surface area contributed by atoms with Gasteiger partial charge in [0.05, 0.1) is 6.10 Å². The van der Waals surface area contributed by atoms with E-state index in [1.54, 1.807) is 23.1 Å². The summed E-state index contributed by atoms with van der Waals surface area (Å²) < 4.78 is 0. The lowest BCUT2D eigenvalue weighted by molar-refractivity contribution is 0.0473. The molecule has 1 atom stereocenters. The van der Waals surface area contributed by atoms with Crippen molar-refractivity contribution in [3.8, 4) is 0 Å². The van der Waals surface area contributed by atoms with Crippen LogP contribution in [0.5, 0.6) is 0 Å². The monoisotopic (exact) mass is 253 g/mol. The van der Waals surface area contributed by atoms with E-state index in [1.807, 2.05) is 6.92 Å². The van der Waals surface area contributed by atoms with Crippen LogP contribution in [0.25, 0.3) is 0 Å². The molecule has 1 amide bonds. The highest BCUT2D eigenvalue weighted by Gasteiger charge is 2.23. The number of halogens is 1. The molecule has 3 nitrogen and oxygen atoms in total. The first-order valence-corrected chi connectivity index (χ1v) is 6.19. The molecule has 1 fully saturated rings. The summed E-state index contributed by atoms with van der Waals surface area (Å²) in [6, 6.07) is 5.27. The van der Waals surface area contributed by atoms with Gasteiger partial charge >= 0.3 is 0 Å². The van der Waals surface area contributed by atoms with E-state index in [2.05, 4.69) is 0 Å². The van der Waals surface area contributed by atoms with Gasteiger partial charge in [-0.15, -0.1) is 0 Å². The van der Waals surface area contributed by atoms with E-state index in [-0.39, 0.29) is 12.0 Å². The molecule has 2 rings (SSSR count). The van der Waals surface area contributed by atoms with E-state index in [4.69, 9.17) is 11.6 Å². The van der Waals surface area contributed by atoms with Crippen LogP contribution >= 0.6 is 11.6 Å². The Morgan fingerprint density at radius 2 is 2.29 bits per heavy atom. The third kappa shape index (κ3) is 2.79. The van der Waals surface area contributed by atoms with Crippen molar-refractivity contribution in [1.82, 2.24) is 4.90 Å². The number of hydrogen-bond donors (Lipinski definition) is 1. The van der Waals surface area contributed by atoms with Crippen LogP contribution in [0.1, 0.15) is 28.8 Å². The molecule has 1 saturated heterocycles. The number of aliphatic hydroxyl groups excluding tert-OH is 1. The van der Waals surface area contributed by atoms with E-state index in [0.717, 1.165) is 24.9 Å². The van der Waals surface area contributed by atoms with Gasteiger partial charge in [0.1, 0.15) is 0 Å². The number of hydrogen-bond acceptors (Lipinski definition) is 2. The summed E-state index contributed by atoms with van der Waals surface area (Å²) in [7, 11) is 0. The highest BCUT2D eigenvalue weighted by atomic mass is 35.5. The molecule has 1 aromatic rings. The normalized spacial score (nSPS) is 20.4. The predicted molar refractivity (Wildman–Crippen MR) is 67.3 cm³/mol. The summed E-state index contributed by atoms with van der Waals surface area (Å²) in [5.74, 6) is -0.0245. The first kappa shape index (κ1) is 12.4. The average molecular weight is 254 g/mol. The van der Waals surface area contributed by atoms with Gasteiger partial charge in [-0.2, -0.15) is 0 Å². The molecule has 1 aromatic carbocycles. The molecule has 17 heavy (non-hydrogen) atoms. The van der Waals surface area contributed by atoms with E-state index in [9.17, 15) is 9.90 Å². The largest absolute Gasteiger partial charge is 0.391 e. The molecule has 0 saturated carbocycles. The van der Waals surface area contributed by atoms with Crippen molar-refractivity contribution in [1.29, 1.82) is 0 Å². The fourth-order valence-corrected chi connectivity index (χ4v) is 2.22.